The van der Waals surface area contributed by atoms with Gasteiger partial charge in [-0.05, 0) is 17.7 Å². The molecule has 0 radical (unpaired) electrons. The van der Waals surface area contributed by atoms with E-state index in [-0.39, 0.29) is 17.1 Å². The highest BCUT2D eigenvalue weighted by atomic mass is 16.5. The Hall–Kier alpha value is -1.30. The molecule has 0 spiro atoms. The first-order chi connectivity index (χ1) is 7.07. The molecule has 0 unspecified atom stereocenters. The monoisotopic (exact) mass is 214 g/mol. The molecule has 0 aliphatic rings. The lowest BCUT2D eigenvalue weighted by Gasteiger charge is -2.24. The first-order valence-electron chi connectivity index (χ1n) is 4.39. The Morgan fingerprint density at radius 1 is 1.27 bits per heavy atom. The van der Waals surface area contributed by atoms with Gasteiger partial charge in [-0.15, -0.1) is 0 Å². The number of aromatic hydroxyl groups is 1. The van der Waals surface area contributed by atoms with Gasteiger partial charge in [-0.1, -0.05) is 6.07 Å². The van der Waals surface area contributed by atoms with Gasteiger partial charge in [0.15, 0.2) is 11.5 Å². The SMILES string of the molecule is COc1cc(C(O)(CO)CO)ccc1O. The molecule has 1 aromatic rings. The molecule has 0 aliphatic heterocycles. The fraction of sp³-hybridized carbons (Fsp3) is 0.400. The molecule has 0 aliphatic carbocycles. The van der Waals surface area contributed by atoms with Gasteiger partial charge in [-0.25, -0.2) is 0 Å². The third kappa shape index (κ3) is 2.20. The predicted octanol–water partition coefficient (Wildman–Crippen LogP) is -0.427. The zero-order valence-electron chi connectivity index (χ0n) is 8.34. The van der Waals surface area contributed by atoms with Crippen LogP contribution in [0.25, 0.3) is 0 Å². The molecule has 5 heteroatoms. The smallest absolute Gasteiger partial charge is 0.160 e. The summed E-state index contributed by atoms with van der Waals surface area (Å²) in [5.74, 6) is 0.104. The minimum atomic E-state index is -1.72. The maximum Gasteiger partial charge on any atom is 0.160 e. The number of rotatable bonds is 4. The Morgan fingerprint density at radius 3 is 2.33 bits per heavy atom. The lowest BCUT2D eigenvalue weighted by atomic mass is 9.95. The van der Waals surface area contributed by atoms with Crippen molar-refractivity contribution in [3.63, 3.8) is 0 Å². The van der Waals surface area contributed by atoms with Gasteiger partial charge in [0.25, 0.3) is 0 Å². The second-order valence-corrected chi connectivity index (χ2v) is 3.23. The zero-order valence-corrected chi connectivity index (χ0v) is 8.34. The molecule has 0 saturated carbocycles. The molecule has 0 aromatic heterocycles. The molecule has 0 saturated heterocycles. The van der Waals surface area contributed by atoms with E-state index in [1.807, 2.05) is 0 Å². The Balaban J connectivity index is 3.15. The van der Waals surface area contributed by atoms with Gasteiger partial charge in [-0.2, -0.15) is 0 Å². The summed E-state index contributed by atoms with van der Waals surface area (Å²) in [6, 6.07) is 4.09. The first kappa shape index (κ1) is 11.8. The van der Waals surface area contributed by atoms with Gasteiger partial charge in [0.05, 0.1) is 20.3 Å². The summed E-state index contributed by atoms with van der Waals surface area (Å²) in [6.07, 6.45) is 0. The van der Waals surface area contributed by atoms with E-state index in [0.29, 0.717) is 0 Å². The molecule has 15 heavy (non-hydrogen) atoms. The van der Waals surface area contributed by atoms with Crippen molar-refractivity contribution in [2.75, 3.05) is 20.3 Å². The Labute approximate surface area is 87.2 Å². The van der Waals surface area contributed by atoms with Gasteiger partial charge >= 0.3 is 0 Å². The number of phenolic OH excluding ortho intramolecular Hbond substituents is 1. The standard InChI is InChI=1S/C10H14O5/c1-15-9-4-7(2-3-8(9)13)10(14,5-11)6-12/h2-4,11-14H,5-6H2,1H3. The zero-order chi connectivity index (χ0) is 11.5. The molecule has 0 bridgehead atoms. The average molecular weight is 214 g/mol. The number of aliphatic hydroxyl groups is 3. The summed E-state index contributed by atoms with van der Waals surface area (Å²) in [5.41, 5.74) is -1.44. The van der Waals surface area contributed by atoms with Gasteiger partial charge in [0, 0.05) is 0 Å². The number of aliphatic hydroxyl groups excluding tert-OH is 2. The minimum absolute atomic E-state index is 0.0699. The van der Waals surface area contributed by atoms with Gasteiger partial charge in [0.2, 0.25) is 0 Å². The van der Waals surface area contributed by atoms with E-state index < -0.39 is 18.8 Å². The number of hydrogen-bond donors (Lipinski definition) is 4. The van der Waals surface area contributed by atoms with Crippen molar-refractivity contribution in [2.45, 2.75) is 5.60 Å². The number of hydrogen-bond acceptors (Lipinski definition) is 5. The maximum absolute atomic E-state index is 9.77. The lowest BCUT2D eigenvalue weighted by Crippen LogP contribution is -2.34. The molecular weight excluding hydrogens is 200 g/mol. The Morgan fingerprint density at radius 2 is 1.87 bits per heavy atom. The molecule has 0 amide bonds. The molecular formula is C10H14O5. The summed E-state index contributed by atoms with van der Waals surface area (Å²) in [6.45, 7) is -1.23. The van der Waals surface area contributed by atoms with Crippen LogP contribution in [0.3, 0.4) is 0 Å². The van der Waals surface area contributed by atoms with E-state index in [9.17, 15) is 10.2 Å². The number of phenols is 1. The molecule has 0 heterocycles. The number of ether oxygens (including phenoxy) is 1. The molecule has 1 aromatic carbocycles. The molecule has 84 valence electrons. The molecule has 1 rings (SSSR count). The van der Waals surface area contributed by atoms with Gasteiger partial charge in [-0.3, -0.25) is 0 Å². The van der Waals surface area contributed by atoms with Gasteiger partial charge < -0.3 is 25.2 Å². The quantitative estimate of drug-likeness (QED) is 0.546. The van der Waals surface area contributed by atoms with E-state index in [4.69, 9.17) is 14.9 Å². The molecule has 0 atom stereocenters. The largest absolute Gasteiger partial charge is 0.504 e. The average Bonchev–Trinajstić information content (AvgIpc) is 2.28. The Bertz CT molecular complexity index is 333. The summed E-state index contributed by atoms with van der Waals surface area (Å²) in [5, 5.41) is 37.0. The van der Waals surface area contributed by atoms with Crippen LogP contribution in [0.1, 0.15) is 5.56 Å². The molecule has 0 fully saturated rings. The van der Waals surface area contributed by atoms with Crippen molar-refractivity contribution in [1.82, 2.24) is 0 Å². The Kier molecular flexibility index (Phi) is 3.52. The second-order valence-electron chi connectivity index (χ2n) is 3.23. The van der Waals surface area contributed by atoms with Crippen LogP contribution in [-0.2, 0) is 5.60 Å². The number of benzene rings is 1. The highest BCUT2D eigenvalue weighted by Crippen LogP contribution is 2.31. The van der Waals surface area contributed by atoms with Crippen molar-refractivity contribution in [3.05, 3.63) is 23.8 Å². The summed E-state index contributed by atoms with van der Waals surface area (Å²) < 4.78 is 4.85. The normalized spacial score (nSPS) is 11.5. The van der Waals surface area contributed by atoms with E-state index >= 15 is 0 Å². The predicted molar refractivity (Wildman–Crippen MR) is 52.7 cm³/mol. The molecule has 5 nitrogen and oxygen atoms in total. The van der Waals surface area contributed by atoms with Crippen LogP contribution in [0, 0.1) is 0 Å². The fourth-order valence-electron chi connectivity index (χ4n) is 1.20. The third-order valence-corrected chi connectivity index (χ3v) is 2.24. The fourth-order valence-corrected chi connectivity index (χ4v) is 1.20. The van der Waals surface area contributed by atoms with Crippen LogP contribution >= 0.6 is 0 Å². The topological polar surface area (TPSA) is 90.2 Å². The van der Waals surface area contributed by atoms with E-state index in [0.717, 1.165) is 0 Å². The second kappa shape index (κ2) is 4.48. The van der Waals surface area contributed by atoms with Crippen LogP contribution in [-0.4, -0.2) is 40.7 Å². The lowest BCUT2D eigenvalue weighted by molar-refractivity contribution is -0.0599. The van der Waals surface area contributed by atoms with E-state index in [1.54, 1.807) is 0 Å². The first-order valence-corrected chi connectivity index (χ1v) is 4.39. The van der Waals surface area contributed by atoms with Crippen LogP contribution in [0.15, 0.2) is 18.2 Å². The van der Waals surface area contributed by atoms with Crippen molar-refractivity contribution in [3.8, 4) is 11.5 Å². The van der Waals surface area contributed by atoms with Crippen LogP contribution in [0.4, 0.5) is 0 Å². The van der Waals surface area contributed by atoms with Gasteiger partial charge in [0.1, 0.15) is 5.60 Å². The maximum atomic E-state index is 9.77. The number of methoxy groups -OCH3 is 1. The third-order valence-electron chi connectivity index (χ3n) is 2.24. The highest BCUT2D eigenvalue weighted by Gasteiger charge is 2.28. The summed E-state index contributed by atoms with van der Waals surface area (Å²) in [4.78, 5) is 0. The van der Waals surface area contributed by atoms with Crippen molar-refractivity contribution in [1.29, 1.82) is 0 Å². The van der Waals surface area contributed by atoms with E-state index in [2.05, 4.69) is 0 Å². The van der Waals surface area contributed by atoms with Crippen LogP contribution < -0.4 is 4.74 Å². The van der Waals surface area contributed by atoms with E-state index in [1.165, 1.54) is 25.3 Å². The van der Waals surface area contributed by atoms with Crippen molar-refractivity contribution >= 4 is 0 Å². The summed E-state index contributed by atoms with van der Waals surface area (Å²) >= 11 is 0. The highest BCUT2D eigenvalue weighted by molar-refractivity contribution is 5.43. The minimum Gasteiger partial charge on any atom is -0.504 e. The summed E-state index contributed by atoms with van der Waals surface area (Å²) in [7, 11) is 1.37. The van der Waals surface area contributed by atoms with Crippen LogP contribution in [0.2, 0.25) is 0 Å². The van der Waals surface area contributed by atoms with Crippen molar-refractivity contribution < 1.29 is 25.2 Å². The van der Waals surface area contributed by atoms with Crippen molar-refractivity contribution in [2.24, 2.45) is 0 Å². The molecule has 4 N–H and O–H groups in total. The van der Waals surface area contributed by atoms with Crippen LogP contribution in [0.5, 0.6) is 11.5 Å².